The van der Waals surface area contributed by atoms with Gasteiger partial charge in [0.05, 0.1) is 0 Å². The zero-order valence-electron chi connectivity index (χ0n) is 29.2. The molecule has 0 aliphatic heterocycles. The number of aromatic nitrogens is 1. The van der Waals surface area contributed by atoms with Crippen LogP contribution in [0, 0.1) is 0 Å². The highest BCUT2D eigenvalue weighted by atomic mass is 32.1. The number of hydrogen-bond donors (Lipinski definition) is 0. The van der Waals surface area contributed by atoms with E-state index in [0.717, 1.165) is 94.1 Å². The zero-order valence-corrected chi connectivity index (χ0v) is 30.0. The second-order valence-corrected chi connectivity index (χ2v) is 15.0. The van der Waals surface area contributed by atoms with Crippen molar-refractivity contribution in [2.24, 2.45) is 0 Å². The molecule has 258 valence electrons. The van der Waals surface area contributed by atoms with Crippen molar-refractivity contribution in [1.82, 2.24) is 4.98 Å². The Morgan fingerprint density at radius 1 is 0.418 bits per heavy atom. The van der Waals surface area contributed by atoms with Crippen LogP contribution < -0.4 is 4.90 Å². The third-order valence-corrected chi connectivity index (χ3v) is 11.9. The molecule has 8 aromatic carbocycles. The number of rotatable bonds is 5. The molecular weight excluding hydrogens is 697 g/mol. The molecule has 12 rings (SSSR count). The van der Waals surface area contributed by atoms with Crippen LogP contribution in [0.4, 0.5) is 17.1 Å². The summed E-state index contributed by atoms with van der Waals surface area (Å²) < 4.78 is 21.4. The van der Waals surface area contributed by atoms with E-state index in [1.165, 1.54) is 14.8 Å². The van der Waals surface area contributed by atoms with Crippen LogP contribution in [-0.4, -0.2) is 4.98 Å². The molecule has 0 amide bonds. The number of para-hydroxylation sites is 2. The Labute approximate surface area is 317 Å². The van der Waals surface area contributed by atoms with Crippen LogP contribution in [0.25, 0.3) is 97.7 Å². The lowest BCUT2D eigenvalue weighted by Gasteiger charge is -2.26. The Hall–Kier alpha value is -7.15. The van der Waals surface area contributed by atoms with Gasteiger partial charge in [0.2, 0.25) is 5.89 Å². The van der Waals surface area contributed by atoms with Crippen molar-refractivity contribution < 1.29 is 13.3 Å². The summed E-state index contributed by atoms with van der Waals surface area (Å²) in [5.41, 5.74) is 11.4. The maximum atomic E-state index is 6.51. The third-order valence-electron chi connectivity index (χ3n) is 10.7. The van der Waals surface area contributed by atoms with Gasteiger partial charge in [-0.15, -0.1) is 11.3 Å². The number of hydrogen-bond acceptors (Lipinski definition) is 6. The van der Waals surface area contributed by atoms with Crippen LogP contribution in [0.15, 0.2) is 183 Å². The van der Waals surface area contributed by atoms with Gasteiger partial charge in [0, 0.05) is 69.9 Å². The molecular formula is C49H28N2O3S. The summed E-state index contributed by atoms with van der Waals surface area (Å²) in [5.74, 6) is 0.625. The van der Waals surface area contributed by atoms with Crippen molar-refractivity contribution in [3.05, 3.63) is 170 Å². The van der Waals surface area contributed by atoms with Crippen molar-refractivity contribution in [2.45, 2.75) is 0 Å². The lowest BCUT2D eigenvalue weighted by Crippen LogP contribution is -2.09. The summed E-state index contributed by atoms with van der Waals surface area (Å²) >= 11 is 1.80. The van der Waals surface area contributed by atoms with Crippen LogP contribution in [0.3, 0.4) is 0 Å². The highest BCUT2D eigenvalue weighted by Crippen LogP contribution is 2.46. The fourth-order valence-electron chi connectivity index (χ4n) is 8.14. The van der Waals surface area contributed by atoms with Gasteiger partial charge in [-0.05, 0) is 90.5 Å². The Morgan fingerprint density at radius 3 is 1.65 bits per heavy atom. The van der Waals surface area contributed by atoms with Gasteiger partial charge in [0.1, 0.15) is 27.8 Å². The fourth-order valence-corrected chi connectivity index (χ4v) is 9.38. The summed E-state index contributed by atoms with van der Waals surface area (Å²) in [5, 5.41) is 6.66. The number of nitrogens with zero attached hydrogens (tertiary/aromatic N) is 2. The van der Waals surface area contributed by atoms with E-state index < -0.39 is 0 Å². The third kappa shape index (κ3) is 4.68. The monoisotopic (exact) mass is 724 g/mol. The summed E-state index contributed by atoms with van der Waals surface area (Å²) in [6, 6.07) is 59.1. The van der Waals surface area contributed by atoms with E-state index in [0.29, 0.717) is 5.89 Å². The molecule has 6 heteroatoms. The Morgan fingerprint density at radius 2 is 0.982 bits per heavy atom. The molecule has 0 unspecified atom stereocenters. The van der Waals surface area contributed by atoms with Crippen LogP contribution in [0.1, 0.15) is 0 Å². The molecule has 0 aliphatic rings. The minimum absolute atomic E-state index is 0.625. The topological polar surface area (TPSA) is 55.6 Å². The molecule has 4 heterocycles. The van der Waals surface area contributed by atoms with Gasteiger partial charge >= 0.3 is 0 Å². The van der Waals surface area contributed by atoms with Crippen molar-refractivity contribution >= 4 is 104 Å². The number of anilines is 3. The van der Waals surface area contributed by atoms with E-state index in [1.54, 1.807) is 11.3 Å². The summed E-state index contributed by atoms with van der Waals surface area (Å²) in [4.78, 5) is 7.38. The van der Waals surface area contributed by atoms with Gasteiger partial charge in [-0.25, -0.2) is 4.98 Å². The smallest absolute Gasteiger partial charge is 0.227 e. The predicted octanol–water partition coefficient (Wildman–Crippen LogP) is 14.8. The molecule has 0 saturated heterocycles. The molecule has 55 heavy (non-hydrogen) atoms. The van der Waals surface area contributed by atoms with Gasteiger partial charge in [0.25, 0.3) is 0 Å². The predicted molar refractivity (Wildman–Crippen MR) is 227 cm³/mol. The number of benzene rings is 8. The standard InChI is InChI=1S/C49H28N2O3S/c1-2-10-30(11-3-1)49-50-47-44(54-49)28-37(48-46(47)36-14-6-9-17-45(36)55-48)29-18-20-31(21-19-29)51(32-22-24-42-38(26-32)34-12-4-7-15-40(34)52-42)33-23-25-43-39(27-33)35-13-5-8-16-41(35)53-43/h1-28H. The minimum atomic E-state index is 0.625. The molecule has 5 nitrogen and oxygen atoms in total. The largest absolute Gasteiger partial charge is 0.456 e. The first-order valence-electron chi connectivity index (χ1n) is 18.3. The lowest BCUT2D eigenvalue weighted by atomic mass is 10.0. The second kappa shape index (κ2) is 11.7. The van der Waals surface area contributed by atoms with E-state index in [1.807, 2.05) is 54.6 Å². The molecule has 4 aromatic heterocycles. The SMILES string of the molecule is c1ccc(-c2nc3c(cc(-c4ccc(N(c5ccc6oc7ccccc7c6c5)c5ccc6oc7ccccc7c6c5)cc4)c4sc5ccccc5c43)o2)cc1. The minimum Gasteiger partial charge on any atom is -0.456 e. The summed E-state index contributed by atoms with van der Waals surface area (Å²) in [7, 11) is 0. The highest BCUT2D eigenvalue weighted by Gasteiger charge is 2.21. The zero-order chi connectivity index (χ0) is 36.0. The van der Waals surface area contributed by atoms with Crippen LogP contribution in [0.2, 0.25) is 0 Å². The molecule has 0 saturated carbocycles. The van der Waals surface area contributed by atoms with E-state index in [-0.39, 0.29) is 0 Å². The first-order valence-corrected chi connectivity index (χ1v) is 19.1. The molecule has 0 atom stereocenters. The quantitative estimate of drug-likeness (QED) is 0.177. The molecule has 0 fully saturated rings. The molecule has 12 aromatic rings. The molecule has 0 N–H and O–H groups in total. The molecule has 0 aliphatic carbocycles. The Balaban J connectivity index is 1.05. The van der Waals surface area contributed by atoms with Crippen LogP contribution in [0.5, 0.6) is 0 Å². The Bertz CT molecular complexity index is 3330. The first-order chi connectivity index (χ1) is 27.2. The first kappa shape index (κ1) is 30.3. The molecule has 0 spiro atoms. The number of oxazole rings is 1. The van der Waals surface area contributed by atoms with Crippen molar-refractivity contribution in [3.63, 3.8) is 0 Å². The van der Waals surface area contributed by atoms with Gasteiger partial charge in [-0.1, -0.05) is 84.9 Å². The maximum Gasteiger partial charge on any atom is 0.227 e. The normalized spacial score (nSPS) is 12.0. The van der Waals surface area contributed by atoms with Gasteiger partial charge in [0.15, 0.2) is 5.58 Å². The van der Waals surface area contributed by atoms with E-state index in [9.17, 15) is 0 Å². The average molecular weight is 725 g/mol. The summed E-state index contributed by atoms with van der Waals surface area (Å²) in [6.07, 6.45) is 0. The highest BCUT2D eigenvalue weighted by molar-refractivity contribution is 7.26. The van der Waals surface area contributed by atoms with Gasteiger partial charge < -0.3 is 18.2 Å². The van der Waals surface area contributed by atoms with E-state index >= 15 is 0 Å². The summed E-state index contributed by atoms with van der Waals surface area (Å²) in [6.45, 7) is 0. The number of thiophene rings is 1. The van der Waals surface area contributed by atoms with Crippen molar-refractivity contribution in [2.75, 3.05) is 4.90 Å². The number of furan rings is 2. The number of fused-ring (bicyclic) bond motifs is 11. The van der Waals surface area contributed by atoms with Gasteiger partial charge in [-0.2, -0.15) is 0 Å². The fraction of sp³-hybridized carbons (Fsp3) is 0. The van der Waals surface area contributed by atoms with Crippen LogP contribution in [-0.2, 0) is 0 Å². The van der Waals surface area contributed by atoms with Crippen molar-refractivity contribution in [3.8, 4) is 22.6 Å². The van der Waals surface area contributed by atoms with Crippen LogP contribution >= 0.6 is 11.3 Å². The van der Waals surface area contributed by atoms with E-state index in [4.69, 9.17) is 18.2 Å². The van der Waals surface area contributed by atoms with Gasteiger partial charge in [-0.3, -0.25) is 0 Å². The molecule has 0 radical (unpaired) electrons. The lowest BCUT2D eigenvalue weighted by molar-refractivity contribution is 0.620. The Kier molecular flexibility index (Phi) is 6.44. The molecule has 0 bridgehead atoms. The van der Waals surface area contributed by atoms with Crippen molar-refractivity contribution in [1.29, 1.82) is 0 Å². The average Bonchev–Trinajstić information content (AvgIpc) is 4.02. The second-order valence-electron chi connectivity index (χ2n) is 13.9. The maximum absolute atomic E-state index is 6.51. The van der Waals surface area contributed by atoms with E-state index in [2.05, 4.69) is 120 Å².